The van der Waals surface area contributed by atoms with E-state index in [1.165, 1.54) is 6.08 Å². The lowest BCUT2D eigenvalue weighted by Crippen LogP contribution is -2.02. The van der Waals surface area contributed by atoms with Gasteiger partial charge in [0.2, 0.25) is 0 Å². The zero-order chi connectivity index (χ0) is 21.4. The molecule has 0 spiro atoms. The minimum atomic E-state index is 0.0403. The van der Waals surface area contributed by atoms with Crippen molar-refractivity contribution in [3.05, 3.63) is 68.1 Å². The van der Waals surface area contributed by atoms with Gasteiger partial charge in [-0.15, -0.1) is 0 Å². The summed E-state index contributed by atoms with van der Waals surface area (Å²) in [7, 11) is 0. The van der Waals surface area contributed by atoms with Gasteiger partial charge in [0, 0.05) is 12.1 Å². The van der Waals surface area contributed by atoms with Crippen LogP contribution >= 0.6 is 46.4 Å². The van der Waals surface area contributed by atoms with E-state index in [9.17, 15) is 0 Å². The number of hydrogen-bond acceptors (Lipinski definition) is 4. The topological polar surface area (TPSA) is 40.0 Å². The van der Waals surface area contributed by atoms with Crippen molar-refractivity contribution in [2.24, 2.45) is 5.16 Å². The highest BCUT2D eigenvalue weighted by Gasteiger charge is 2.11. The molecule has 0 aliphatic carbocycles. The van der Waals surface area contributed by atoms with Crippen molar-refractivity contribution in [1.29, 1.82) is 0 Å². The molecule has 4 nitrogen and oxygen atoms in total. The first kappa shape index (κ1) is 23.7. The standard InChI is InChI=1S/C21H21Cl4NO3/c1-13(2)29-26-14(3)16-6-4-15(5-7-16)12-28-21-18(22)10-17(11-19(21)23)27-9-8-20(24)25/h4-8,10-11,13H,9,12H2,1-3H3. The highest BCUT2D eigenvalue weighted by Crippen LogP contribution is 2.37. The molecule has 0 aliphatic heterocycles. The first-order valence-corrected chi connectivity index (χ1v) is 10.3. The lowest BCUT2D eigenvalue weighted by molar-refractivity contribution is 0.0860. The third-order valence-corrected chi connectivity index (χ3v) is 4.48. The molecule has 2 rings (SSSR count). The summed E-state index contributed by atoms with van der Waals surface area (Å²) < 4.78 is 11.4. The molecule has 0 N–H and O–H groups in total. The number of halogens is 4. The molecule has 0 heterocycles. The van der Waals surface area contributed by atoms with Gasteiger partial charge in [-0.05, 0) is 38.0 Å². The van der Waals surface area contributed by atoms with Crippen molar-refractivity contribution in [2.75, 3.05) is 6.61 Å². The number of hydrogen-bond donors (Lipinski definition) is 0. The second-order valence-electron chi connectivity index (χ2n) is 6.34. The van der Waals surface area contributed by atoms with Gasteiger partial charge in [-0.3, -0.25) is 0 Å². The van der Waals surface area contributed by atoms with E-state index >= 15 is 0 Å². The van der Waals surface area contributed by atoms with Gasteiger partial charge < -0.3 is 14.3 Å². The maximum Gasteiger partial charge on any atom is 0.157 e. The summed E-state index contributed by atoms with van der Waals surface area (Å²) in [5, 5.41) is 4.79. The molecule has 0 atom stereocenters. The van der Waals surface area contributed by atoms with Crippen molar-refractivity contribution in [3.63, 3.8) is 0 Å². The summed E-state index contributed by atoms with van der Waals surface area (Å²) >= 11 is 23.7. The van der Waals surface area contributed by atoms with E-state index < -0.39 is 0 Å². The summed E-state index contributed by atoms with van der Waals surface area (Å²) in [6, 6.07) is 11.1. The SMILES string of the molecule is CC(=NOC(C)C)c1ccc(COc2c(Cl)cc(OCC=C(Cl)Cl)cc2Cl)cc1. The van der Waals surface area contributed by atoms with E-state index in [2.05, 4.69) is 5.16 Å². The Hall–Kier alpha value is -1.59. The molecule has 29 heavy (non-hydrogen) atoms. The Balaban J connectivity index is 2.00. The Bertz CT molecular complexity index is 853. The summed E-state index contributed by atoms with van der Waals surface area (Å²) in [4.78, 5) is 5.27. The van der Waals surface area contributed by atoms with Crippen LogP contribution in [0.2, 0.25) is 10.0 Å². The monoisotopic (exact) mass is 475 g/mol. The molecule has 156 valence electrons. The molecule has 0 aliphatic rings. The van der Waals surface area contributed by atoms with Gasteiger partial charge in [-0.1, -0.05) is 75.8 Å². The third-order valence-electron chi connectivity index (χ3n) is 3.61. The Morgan fingerprint density at radius 2 is 1.66 bits per heavy atom. The normalized spacial score (nSPS) is 11.4. The summed E-state index contributed by atoms with van der Waals surface area (Å²) in [6.45, 7) is 6.26. The Kier molecular flexibility index (Phi) is 9.44. The van der Waals surface area contributed by atoms with E-state index in [0.717, 1.165) is 16.8 Å². The molecule has 0 saturated heterocycles. The molecule has 8 heteroatoms. The van der Waals surface area contributed by atoms with Crippen LogP contribution in [0.5, 0.6) is 11.5 Å². The summed E-state index contributed by atoms with van der Waals surface area (Å²) in [5.74, 6) is 0.875. The Morgan fingerprint density at radius 1 is 1.03 bits per heavy atom. The van der Waals surface area contributed by atoms with Crippen LogP contribution in [0.15, 0.2) is 52.1 Å². The number of nitrogens with zero attached hydrogens (tertiary/aromatic N) is 1. The second-order valence-corrected chi connectivity index (χ2v) is 8.16. The van der Waals surface area contributed by atoms with Crippen LogP contribution in [0.1, 0.15) is 31.9 Å². The number of rotatable bonds is 9. The Labute approximate surface area is 190 Å². The molecular formula is C21H21Cl4NO3. The van der Waals surface area contributed by atoms with E-state index in [1.807, 2.05) is 45.0 Å². The van der Waals surface area contributed by atoms with Gasteiger partial charge in [-0.25, -0.2) is 0 Å². The van der Waals surface area contributed by atoms with E-state index in [4.69, 9.17) is 60.7 Å². The predicted molar refractivity (Wildman–Crippen MR) is 121 cm³/mol. The van der Waals surface area contributed by atoms with Gasteiger partial charge in [0.05, 0.1) is 15.8 Å². The first-order chi connectivity index (χ1) is 13.8. The molecule has 0 unspecified atom stereocenters. The molecule has 0 bridgehead atoms. The van der Waals surface area contributed by atoms with Gasteiger partial charge in [0.25, 0.3) is 0 Å². The third kappa shape index (κ3) is 7.98. The largest absolute Gasteiger partial charge is 0.489 e. The number of ether oxygens (including phenoxy) is 2. The minimum absolute atomic E-state index is 0.0403. The molecule has 0 amide bonds. The van der Waals surface area contributed by atoms with Crippen molar-refractivity contribution in [2.45, 2.75) is 33.5 Å². The van der Waals surface area contributed by atoms with Crippen molar-refractivity contribution >= 4 is 52.1 Å². The summed E-state index contributed by atoms with van der Waals surface area (Å²) in [5.41, 5.74) is 2.73. The molecule has 0 saturated carbocycles. The molecule has 0 fully saturated rings. The number of oxime groups is 1. The molecule has 0 radical (unpaired) electrons. The zero-order valence-corrected chi connectivity index (χ0v) is 19.2. The van der Waals surface area contributed by atoms with Crippen LogP contribution in [0.4, 0.5) is 0 Å². The zero-order valence-electron chi connectivity index (χ0n) is 16.2. The quantitative estimate of drug-likeness (QED) is 0.279. The van der Waals surface area contributed by atoms with Gasteiger partial charge in [0.15, 0.2) is 5.75 Å². The van der Waals surface area contributed by atoms with Crippen LogP contribution in [0.3, 0.4) is 0 Å². The van der Waals surface area contributed by atoms with Gasteiger partial charge >= 0.3 is 0 Å². The minimum Gasteiger partial charge on any atom is -0.489 e. The van der Waals surface area contributed by atoms with Crippen molar-refractivity contribution < 1.29 is 14.3 Å². The maximum atomic E-state index is 6.28. The second kappa shape index (κ2) is 11.6. The molecule has 0 aromatic heterocycles. The molecule has 2 aromatic rings. The molecule has 2 aromatic carbocycles. The van der Waals surface area contributed by atoms with Crippen LogP contribution in [-0.4, -0.2) is 18.4 Å². The fraction of sp³-hybridized carbons (Fsp3) is 0.286. The van der Waals surface area contributed by atoms with Crippen LogP contribution in [-0.2, 0) is 11.4 Å². The highest BCUT2D eigenvalue weighted by atomic mass is 35.5. The lowest BCUT2D eigenvalue weighted by Gasteiger charge is -2.12. The highest BCUT2D eigenvalue weighted by molar-refractivity contribution is 6.55. The van der Waals surface area contributed by atoms with Gasteiger partial charge in [-0.2, -0.15) is 0 Å². The van der Waals surface area contributed by atoms with Crippen molar-refractivity contribution in [1.82, 2.24) is 0 Å². The van der Waals surface area contributed by atoms with Crippen LogP contribution in [0.25, 0.3) is 0 Å². The Morgan fingerprint density at radius 3 is 2.21 bits per heavy atom. The predicted octanol–water partition coefficient (Wildman–Crippen LogP) is 7.42. The van der Waals surface area contributed by atoms with Crippen molar-refractivity contribution in [3.8, 4) is 11.5 Å². The smallest absolute Gasteiger partial charge is 0.157 e. The van der Waals surface area contributed by atoms with Gasteiger partial charge in [0.1, 0.15) is 29.6 Å². The number of benzene rings is 2. The lowest BCUT2D eigenvalue weighted by atomic mass is 10.1. The van der Waals surface area contributed by atoms with Crippen LogP contribution in [0, 0.1) is 0 Å². The van der Waals surface area contributed by atoms with E-state index in [0.29, 0.717) is 28.2 Å². The average Bonchev–Trinajstić information content (AvgIpc) is 2.65. The van der Waals surface area contributed by atoms with E-state index in [1.54, 1.807) is 12.1 Å². The first-order valence-electron chi connectivity index (χ1n) is 8.81. The van der Waals surface area contributed by atoms with Crippen LogP contribution < -0.4 is 9.47 Å². The summed E-state index contributed by atoms with van der Waals surface area (Å²) in [6.07, 6.45) is 1.55. The van der Waals surface area contributed by atoms with E-state index in [-0.39, 0.29) is 17.2 Å². The fourth-order valence-electron chi connectivity index (χ4n) is 2.19. The maximum absolute atomic E-state index is 6.28. The fourth-order valence-corrected chi connectivity index (χ4v) is 2.90. The molecular weight excluding hydrogens is 456 g/mol. The average molecular weight is 477 g/mol.